The van der Waals surface area contributed by atoms with Gasteiger partial charge in [0.2, 0.25) is 11.7 Å². The van der Waals surface area contributed by atoms with E-state index in [1.807, 2.05) is 0 Å². The molecular formula is C16H28ClN5O3. The van der Waals surface area contributed by atoms with Crippen LogP contribution in [0.25, 0.3) is 0 Å². The van der Waals surface area contributed by atoms with Gasteiger partial charge in [-0.2, -0.15) is 0 Å². The van der Waals surface area contributed by atoms with Crippen LogP contribution in [0.15, 0.2) is 6.20 Å². The Kier molecular flexibility index (Phi) is 9.44. The number of hydrogen-bond acceptors (Lipinski definition) is 5. The van der Waals surface area contributed by atoms with Crippen LogP contribution in [-0.2, 0) is 11.3 Å². The number of nitro groups is 1. The summed E-state index contributed by atoms with van der Waals surface area (Å²) < 4.78 is 1.64. The van der Waals surface area contributed by atoms with Crippen molar-refractivity contribution in [3.8, 4) is 0 Å². The molecule has 0 aromatic carbocycles. The summed E-state index contributed by atoms with van der Waals surface area (Å²) in [5.41, 5.74) is 0. The molecule has 1 fully saturated rings. The standard InChI is InChI=1S/C16H27N5O3.ClH/c1-13-19-15(21(23)24)12-20(13)11-8-16(22)18-10-9-17-14-6-4-2-3-5-7-14;/h12,14,17H,2-11H2,1H3,(H,18,22);1H. The second kappa shape index (κ2) is 11.0. The molecule has 0 unspecified atom stereocenters. The third-order valence-electron chi connectivity index (χ3n) is 4.47. The van der Waals surface area contributed by atoms with E-state index in [1.165, 1.54) is 44.7 Å². The third-order valence-corrected chi connectivity index (χ3v) is 4.47. The van der Waals surface area contributed by atoms with Crippen molar-refractivity contribution in [2.24, 2.45) is 0 Å². The molecule has 0 spiro atoms. The SMILES string of the molecule is Cc1nc([N+](=O)[O-])cn1CCC(=O)NCCNC1CCCCCC1.Cl. The lowest BCUT2D eigenvalue weighted by Gasteiger charge is -2.16. The summed E-state index contributed by atoms with van der Waals surface area (Å²) >= 11 is 0. The average Bonchev–Trinajstić information content (AvgIpc) is 2.75. The van der Waals surface area contributed by atoms with Crippen molar-refractivity contribution in [2.45, 2.75) is 64.5 Å². The lowest BCUT2D eigenvalue weighted by molar-refractivity contribution is -0.389. The molecule has 2 rings (SSSR count). The Hall–Kier alpha value is -1.67. The monoisotopic (exact) mass is 373 g/mol. The summed E-state index contributed by atoms with van der Waals surface area (Å²) in [6.07, 6.45) is 9.37. The largest absolute Gasteiger partial charge is 0.381 e. The number of halogens is 1. The second-order valence-electron chi connectivity index (χ2n) is 6.34. The Morgan fingerprint density at radius 3 is 2.60 bits per heavy atom. The van der Waals surface area contributed by atoms with Crippen molar-refractivity contribution in [3.05, 3.63) is 22.1 Å². The van der Waals surface area contributed by atoms with Crippen LogP contribution in [-0.4, -0.2) is 39.5 Å². The predicted molar refractivity (Wildman–Crippen MR) is 98.0 cm³/mol. The van der Waals surface area contributed by atoms with Gasteiger partial charge in [-0.05, 0) is 22.7 Å². The number of nitrogens with one attached hydrogen (secondary N) is 2. The molecule has 9 heteroatoms. The molecular weight excluding hydrogens is 346 g/mol. The maximum absolute atomic E-state index is 11.9. The molecule has 1 aliphatic rings. The maximum Gasteiger partial charge on any atom is 0.381 e. The Bertz CT molecular complexity index is 556. The molecule has 2 N–H and O–H groups in total. The molecule has 25 heavy (non-hydrogen) atoms. The Labute approximate surface area is 154 Å². The zero-order chi connectivity index (χ0) is 17.4. The summed E-state index contributed by atoms with van der Waals surface area (Å²) in [5.74, 6) is 0.318. The van der Waals surface area contributed by atoms with Crippen molar-refractivity contribution in [1.82, 2.24) is 20.2 Å². The summed E-state index contributed by atoms with van der Waals surface area (Å²) in [7, 11) is 0. The Morgan fingerprint density at radius 2 is 2.00 bits per heavy atom. The van der Waals surface area contributed by atoms with Gasteiger partial charge in [0.25, 0.3) is 0 Å². The normalized spacial score (nSPS) is 15.2. The molecule has 8 nitrogen and oxygen atoms in total. The van der Waals surface area contributed by atoms with Gasteiger partial charge in [0.1, 0.15) is 6.20 Å². The molecule has 0 saturated heterocycles. The van der Waals surface area contributed by atoms with E-state index in [2.05, 4.69) is 15.6 Å². The summed E-state index contributed by atoms with van der Waals surface area (Å²) in [6.45, 7) is 3.49. The van der Waals surface area contributed by atoms with Gasteiger partial charge in [-0.15, -0.1) is 12.4 Å². The molecule has 1 heterocycles. The molecule has 142 valence electrons. The first-order valence-electron chi connectivity index (χ1n) is 8.74. The third kappa shape index (κ3) is 7.39. The van der Waals surface area contributed by atoms with Crippen molar-refractivity contribution < 1.29 is 9.72 Å². The van der Waals surface area contributed by atoms with E-state index in [4.69, 9.17) is 0 Å². The lowest BCUT2D eigenvalue weighted by Crippen LogP contribution is -2.37. The molecule has 1 aliphatic carbocycles. The molecule has 0 aliphatic heterocycles. The number of hydrogen-bond donors (Lipinski definition) is 2. The van der Waals surface area contributed by atoms with Crippen molar-refractivity contribution >= 4 is 24.1 Å². The minimum atomic E-state index is -0.525. The highest BCUT2D eigenvalue weighted by molar-refractivity contribution is 5.85. The van der Waals surface area contributed by atoms with Gasteiger partial charge < -0.3 is 25.3 Å². The molecule has 1 amide bonds. The molecule has 0 radical (unpaired) electrons. The number of aromatic nitrogens is 2. The number of aryl methyl sites for hydroxylation is 2. The zero-order valence-electron chi connectivity index (χ0n) is 14.7. The van der Waals surface area contributed by atoms with Gasteiger partial charge in [0, 0.05) is 39.0 Å². The van der Waals surface area contributed by atoms with Crippen LogP contribution in [0.1, 0.15) is 50.8 Å². The van der Waals surface area contributed by atoms with Crippen molar-refractivity contribution in [2.75, 3.05) is 13.1 Å². The quantitative estimate of drug-likeness (QED) is 0.315. The minimum absolute atomic E-state index is 0. The molecule has 1 aromatic rings. The maximum atomic E-state index is 11.9. The minimum Gasteiger partial charge on any atom is -0.358 e. The number of rotatable bonds is 8. The number of carbonyl (C=O) groups is 1. The van der Waals surface area contributed by atoms with E-state index in [1.54, 1.807) is 11.5 Å². The van der Waals surface area contributed by atoms with E-state index < -0.39 is 4.92 Å². The first-order valence-corrected chi connectivity index (χ1v) is 8.74. The summed E-state index contributed by atoms with van der Waals surface area (Å²) in [6, 6.07) is 0.582. The van der Waals surface area contributed by atoms with Crippen LogP contribution in [0.4, 0.5) is 5.82 Å². The van der Waals surface area contributed by atoms with E-state index in [0.717, 1.165) is 6.54 Å². The Balaban J connectivity index is 0.00000312. The van der Waals surface area contributed by atoms with Crippen LogP contribution in [0.2, 0.25) is 0 Å². The molecule has 1 aromatic heterocycles. The van der Waals surface area contributed by atoms with Gasteiger partial charge in [0.05, 0.1) is 0 Å². The lowest BCUT2D eigenvalue weighted by atomic mass is 10.1. The average molecular weight is 374 g/mol. The first-order chi connectivity index (χ1) is 11.6. The molecule has 1 saturated carbocycles. The second-order valence-corrected chi connectivity index (χ2v) is 6.34. The fraction of sp³-hybridized carbons (Fsp3) is 0.750. The topological polar surface area (TPSA) is 102 Å². The number of carbonyl (C=O) groups excluding carboxylic acids is 1. The van der Waals surface area contributed by atoms with Crippen LogP contribution >= 0.6 is 12.4 Å². The van der Waals surface area contributed by atoms with E-state index in [9.17, 15) is 14.9 Å². The van der Waals surface area contributed by atoms with Gasteiger partial charge in [-0.3, -0.25) is 4.79 Å². The van der Waals surface area contributed by atoms with Crippen LogP contribution in [0.5, 0.6) is 0 Å². The van der Waals surface area contributed by atoms with E-state index >= 15 is 0 Å². The number of amides is 1. The van der Waals surface area contributed by atoms with E-state index in [0.29, 0.717) is 25.0 Å². The summed E-state index contributed by atoms with van der Waals surface area (Å²) in [5, 5.41) is 17.1. The predicted octanol–water partition coefficient (Wildman–Crippen LogP) is 2.34. The van der Waals surface area contributed by atoms with Gasteiger partial charge in [-0.1, -0.05) is 25.7 Å². The van der Waals surface area contributed by atoms with Crippen molar-refractivity contribution in [1.29, 1.82) is 0 Å². The first kappa shape index (κ1) is 21.4. The van der Waals surface area contributed by atoms with Gasteiger partial charge >= 0.3 is 5.82 Å². The van der Waals surface area contributed by atoms with Crippen LogP contribution in [0, 0.1) is 17.0 Å². The van der Waals surface area contributed by atoms with Gasteiger partial charge in [-0.25, -0.2) is 0 Å². The summed E-state index contributed by atoms with van der Waals surface area (Å²) in [4.78, 5) is 25.9. The smallest absolute Gasteiger partial charge is 0.358 e. The fourth-order valence-electron chi connectivity index (χ4n) is 3.08. The van der Waals surface area contributed by atoms with Crippen LogP contribution in [0.3, 0.4) is 0 Å². The molecule has 0 atom stereocenters. The van der Waals surface area contributed by atoms with Crippen LogP contribution < -0.4 is 10.6 Å². The molecule has 0 bridgehead atoms. The highest BCUT2D eigenvalue weighted by Crippen LogP contribution is 2.16. The van der Waals surface area contributed by atoms with Crippen molar-refractivity contribution in [3.63, 3.8) is 0 Å². The number of imidazole rings is 1. The Morgan fingerprint density at radius 1 is 1.32 bits per heavy atom. The highest BCUT2D eigenvalue weighted by Gasteiger charge is 2.15. The number of nitrogens with zero attached hydrogens (tertiary/aromatic N) is 3. The highest BCUT2D eigenvalue weighted by atomic mass is 35.5. The zero-order valence-corrected chi connectivity index (χ0v) is 15.5. The fourth-order valence-corrected chi connectivity index (χ4v) is 3.08. The van der Waals surface area contributed by atoms with E-state index in [-0.39, 0.29) is 30.6 Å². The van der Waals surface area contributed by atoms with Gasteiger partial charge in [0.15, 0.2) is 0 Å².